The lowest BCUT2D eigenvalue weighted by Gasteiger charge is -2.16. The number of ether oxygens (including phenoxy) is 1. The van der Waals surface area contributed by atoms with Gasteiger partial charge in [0.05, 0.1) is 6.10 Å². The maximum atomic E-state index is 11.5. The number of carboxylic acids is 1. The van der Waals surface area contributed by atoms with Crippen LogP contribution in [0.25, 0.3) is 0 Å². The Kier molecular flexibility index (Phi) is 8.27. The van der Waals surface area contributed by atoms with Crippen molar-refractivity contribution < 1.29 is 24.2 Å². The molecule has 0 bridgehead atoms. The van der Waals surface area contributed by atoms with Crippen LogP contribution in [0, 0.1) is 0 Å². The third-order valence-corrected chi connectivity index (χ3v) is 2.28. The topological polar surface area (TPSA) is 131 Å². The first-order valence-corrected chi connectivity index (χ1v) is 6.03. The van der Waals surface area contributed by atoms with Gasteiger partial charge in [-0.15, -0.1) is 0 Å². The maximum Gasteiger partial charge on any atom is 0.326 e. The molecule has 0 fully saturated rings. The fourth-order valence-electron chi connectivity index (χ4n) is 1.33. The zero-order valence-electron chi connectivity index (χ0n) is 11.1. The molecule has 0 aromatic carbocycles. The van der Waals surface area contributed by atoms with Crippen LogP contribution in [-0.4, -0.2) is 48.3 Å². The van der Waals surface area contributed by atoms with E-state index in [0.29, 0.717) is 6.61 Å². The highest BCUT2D eigenvalue weighted by atomic mass is 16.5. The summed E-state index contributed by atoms with van der Waals surface area (Å²) in [5.74, 6) is -1.83. The van der Waals surface area contributed by atoms with E-state index in [4.69, 9.17) is 15.6 Å². The van der Waals surface area contributed by atoms with Gasteiger partial charge in [0.15, 0.2) is 0 Å². The number of primary amides is 1. The minimum Gasteiger partial charge on any atom is -0.480 e. The molecule has 110 valence electrons. The number of amides is 3. The predicted octanol–water partition coefficient (Wildman–Crippen LogP) is -0.571. The second-order valence-electron chi connectivity index (χ2n) is 4.02. The number of carboxylic acid groups (broad SMARTS) is 1. The van der Waals surface area contributed by atoms with Crippen molar-refractivity contribution in [1.82, 2.24) is 10.6 Å². The Morgan fingerprint density at radius 2 is 2.00 bits per heavy atom. The van der Waals surface area contributed by atoms with Gasteiger partial charge in [-0.1, -0.05) is 0 Å². The van der Waals surface area contributed by atoms with Crippen molar-refractivity contribution in [2.75, 3.05) is 13.2 Å². The van der Waals surface area contributed by atoms with Gasteiger partial charge in [-0.3, -0.25) is 4.79 Å². The largest absolute Gasteiger partial charge is 0.480 e. The minimum absolute atomic E-state index is 0.0426. The van der Waals surface area contributed by atoms with E-state index in [1.165, 1.54) is 0 Å². The highest BCUT2D eigenvalue weighted by Crippen LogP contribution is 1.97. The second kappa shape index (κ2) is 9.15. The van der Waals surface area contributed by atoms with Crippen LogP contribution in [0.5, 0.6) is 0 Å². The monoisotopic (exact) mass is 275 g/mol. The van der Waals surface area contributed by atoms with E-state index in [2.05, 4.69) is 10.6 Å². The molecular weight excluding hydrogens is 254 g/mol. The summed E-state index contributed by atoms with van der Waals surface area (Å²) in [7, 11) is 0. The number of nitrogens with one attached hydrogen (secondary N) is 2. The molecule has 0 aliphatic rings. The first-order valence-electron chi connectivity index (χ1n) is 6.03. The predicted molar refractivity (Wildman–Crippen MR) is 67.5 cm³/mol. The summed E-state index contributed by atoms with van der Waals surface area (Å²) in [6, 6.07) is -1.77. The Balaban J connectivity index is 4.10. The molecule has 0 radical (unpaired) electrons. The summed E-state index contributed by atoms with van der Waals surface area (Å²) in [5.41, 5.74) is 4.93. The second-order valence-corrected chi connectivity index (χ2v) is 4.02. The van der Waals surface area contributed by atoms with Gasteiger partial charge in [-0.25, -0.2) is 9.59 Å². The number of rotatable bonds is 9. The van der Waals surface area contributed by atoms with Crippen LogP contribution < -0.4 is 16.4 Å². The number of carbonyl (C=O) groups excluding carboxylic acids is 2. The average molecular weight is 275 g/mol. The molecule has 3 amide bonds. The number of urea groups is 1. The quantitative estimate of drug-likeness (QED) is 0.447. The molecule has 0 aromatic rings. The highest BCUT2D eigenvalue weighted by Gasteiger charge is 2.20. The van der Waals surface area contributed by atoms with Crippen molar-refractivity contribution in [2.24, 2.45) is 5.73 Å². The van der Waals surface area contributed by atoms with Gasteiger partial charge in [-0.2, -0.15) is 0 Å². The van der Waals surface area contributed by atoms with Gasteiger partial charge in [0.1, 0.15) is 6.04 Å². The minimum atomic E-state index is -1.21. The molecule has 0 aliphatic heterocycles. The Labute approximate surface area is 111 Å². The van der Waals surface area contributed by atoms with E-state index in [-0.39, 0.29) is 25.5 Å². The number of hydrogen-bond donors (Lipinski definition) is 4. The van der Waals surface area contributed by atoms with E-state index < -0.39 is 23.9 Å². The Morgan fingerprint density at radius 1 is 1.37 bits per heavy atom. The number of aliphatic carboxylic acids is 1. The van der Waals surface area contributed by atoms with Crippen molar-refractivity contribution in [3.8, 4) is 0 Å². The fourth-order valence-corrected chi connectivity index (χ4v) is 1.33. The third-order valence-electron chi connectivity index (χ3n) is 2.28. The average Bonchev–Trinajstić information content (AvgIpc) is 2.31. The third kappa shape index (κ3) is 8.83. The molecule has 0 saturated carbocycles. The number of carbonyl (C=O) groups is 3. The van der Waals surface area contributed by atoms with Crippen LogP contribution in [0.2, 0.25) is 0 Å². The van der Waals surface area contributed by atoms with Gasteiger partial charge >= 0.3 is 12.0 Å². The molecule has 0 heterocycles. The molecule has 8 heteroatoms. The fraction of sp³-hybridized carbons (Fsp3) is 0.727. The summed E-state index contributed by atoms with van der Waals surface area (Å²) >= 11 is 0. The van der Waals surface area contributed by atoms with Crippen LogP contribution in [0.15, 0.2) is 0 Å². The Morgan fingerprint density at radius 3 is 2.47 bits per heavy atom. The lowest BCUT2D eigenvalue weighted by atomic mass is 10.1. The van der Waals surface area contributed by atoms with Crippen molar-refractivity contribution in [1.29, 1.82) is 0 Å². The van der Waals surface area contributed by atoms with Gasteiger partial charge in [0.25, 0.3) is 0 Å². The zero-order chi connectivity index (χ0) is 14.8. The van der Waals surface area contributed by atoms with E-state index >= 15 is 0 Å². The van der Waals surface area contributed by atoms with E-state index in [9.17, 15) is 14.4 Å². The standard InChI is InChI=1S/C11H21N3O5/c1-3-19-7(2)6-13-11(18)14-8(10(16)17)4-5-9(12)15/h7-8H,3-6H2,1-2H3,(H2,12,15)(H,16,17)(H2,13,14,18). The lowest BCUT2D eigenvalue weighted by molar-refractivity contribution is -0.139. The molecule has 19 heavy (non-hydrogen) atoms. The highest BCUT2D eigenvalue weighted by molar-refractivity contribution is 5.83. The molecule has 0 spiro atoms. The molecule has 2 unspecified atom stereocenters. The number of hydrogen-bond acceptors (Lipinski definition) is 4. The first kappa shape index (κ1) is 17.2. The van der Waals surface area contributed by atoms with E-state index in [1.54, 1.807) is 6.92 Å². The Bertz CT molecular complexity index is 321. The molecule has 0 saturated heterocycles. The van der Waals surface area contributed by atoms with Crippen molar-refractivity contribution in [3.05, 3.63) is 0 Å². The molecule has 5 N–H and O–H groups in total. The summed E-state index contributed by atoms with van der Waals surface area (Å²) in [6.07, 6.45) is -0.309. The first-order chi connectivity index (χ1) is 8.86. The SMILES string of the molecule is CCOC(C)CNC(=O)NC(CCC(N)=O)C(=O)O. The van der Waals surface area contributed by atoms with Gasteiger partial charge in [-0.05, 0) is 20.3 Å². The zero-order valence-corrected chi connectivity index (χ0v) is 11.1. The summed E-state index contributed by atoms with van der Waals surface area (Å²) < 4.78 is 5.20. The van der Waals surface area contributed by atoms with Crippen LogP contribution in [0.1, 0.15) is 26.7 Å². The van der Waals surface area contributed by atoms with E-state index in [0.717, 1.165) is 0 Å². The van der Waals surface area contributed by atoms with Crippen molar-refractivity contribution in [3.63, 3.8) is 0 Å². The normalized spacial score (nSPS) is 13.4. The molecule has 0 aromatic heterocycles. The summed E-state index contributed by atoms with van der Waals surface area (Å²) in [6.45, 7) is 4.41. The summed E-state index contributed by atoms with van der Waals surface area (Å²) in [5, 5.41) is 13.6. The van der Waals surface area contributed by atoms with Gasteiger partial charge < -0.3 is 26.2 Å². The van der Waals surface area contributed by atoms with Crippen LogP contribution in [0.4, 0.5) is 4.79 Å². The Hall–Kier alpha value is -1.83. The number of nitrogens with two attached hydrogens (primary N) is 1. The van der Waals surface area contributed by atoms with Crippen LogP contribution in [0.3, 0.4) is 0 Å². The van der Waals surface area contributed by atoms with Crippen molar-refractivity contribution >= 4 is 17.9 Å². The molecule has 0 rings (SSSR count). The smallest absolute Gasteiger partial charge is 0.326 e. The van der Waals surface area contributed by atoms with Gasteiger partial charge in [0.2, 0.25) is 5.91 Å². The van der Waals surface area contributed by atoms with E-state index in [1.807, 2.05) is 6.92 Å². The lowest BCUT2D eigenvalue weighted by Crippen LogP contribution is -2.47. The summed E-state index contributed by atoms with van der Waals surface area (Å²) in [4.78, 5) is 32.9. The maximum absolute atomic E-state index is 11.5. The van der Waals surface area contributed by atoms with Gasteiger partial charge in [0, 0.05) is 19.6 Å². The molecule has 8 nitrogen and oxygen atoms in total. The molecular formula is C11H21N3O5. The molecule has 0 aliphatic carbocycles. The van der Waals surface area contributed by atoms with Crippen LogP contribution in [-0.2, 0) is 14.3 Å². The van der Waals surface area contributed by atoms with Crippen LogP contribution >= 0.6 is 0 Å². The van der Waals surface area contributed by atoms with Crippen molar-refractivity contribution in [2.45, 2.75) is 38.8 Å². The molecule has 2 atom stereocenters.